The molecule has 0 bridgehead atoms. The molecule has 0 fully saturated rings. The molecule has 0 spiro atoms. The zero-order valence-electron chi connectivity index (χ0n) is 10.0. The van der Waals surface area contributed by atoms with E-state index in [9.17, 15) is 13.2 Å². The molecule has 0 radical (unpaired) electrons. The molecule has 20 heavy (non-hydrogen) atoms. The Kier molecular flexibility index (Phi) is 4.55. The fraction of sp³-hybridized carbons (Fsp3) is 0.154. The topological polar surface area (TPSA) is 24.9 Å². The fourth-order valence-corrected chi connectivity index (χ4v) is 2.26. The quantitative estimate of drug-likeness (QED) is 0.816. The first-order valence-corrected chi connectivity index (χ1v) is 6.73. The number of pyridine rings is 1. The number of hydrogen-bond acceptors (Lipinski definition) is 2. The van der Waals surface area contributed by atoms with E-state index in [4.69, 9.17) is 11.6 Å². The van der Waals surface area contributed by atoms with E-state index < -0.39 is 11.7 Å². The molecule has 2 nitrogen and oxygen atoms in total. The fourth-order valence-electron chi connectivity index (χ4n) is 1.61. The van der Waals surface area contributed by atoms with Crippen LogP contribution in [0.3, 0.4) is 0 Å². The SMILES string of the molecule is FC(F)(F)c1cc(Cl)cc(NCc2cncc(Br)c2)c1. The van der Waals surface area contributed by atoms with E-state index in [2.05, 4.69) is 26.2 Å². The molecule has 2 rings (SSSR count). The van der Waals surface area contributed by atoms with E-state index in [1.165, 1.54) is 6.07 Å². The zero-order valence-corrected chi connectivity index (χ0v) is 12.4. The first-order valence-electron chi connectivity index (χ1n) is 5.56. The molecule has 0 atom stereocenters. The second-order valence-electron chi connectivity index (χ2n) is 4.09. The van der Waals surface area contributed by atoms with Crippen molar-refractivity contribution in [1.29, 1.82) is 0 Å². The summed E-state index contributed by atoms with van der Waals surface area (Å²) >= 11 is 8.98. The lowest BCUT2D eigenvalue weighted by molar-refractivity contribution is -0.137. The lowest BCUT2D eigenvalue weighted by Crippen LogP contribution is -2.07. The molecule has 0 saturated carbocycles. The van der Waals surface area contributed by atoms with Crippen molar-refractivity contribution in [3.8, 4) is 0 Å². The predicted octanol–water partition coefficient (Wildman–Crippen LogP) is 5.13. The summed E-state index contributed by atoms with van der Waals surface area (Å²) in [6.45, 7) is 0.351. The van der Waals surface area contributed by atoms with Crippen molar-refractivity contribution in [3.05, 3.63) is 57.3 Å². The Bertz CT molecular complexity index is 617. The Balaban J connectivity index is 2.16. The molecule has 0 aliphatic rings. The minimum atomic E-state index is -4.42. The molecule has 2 aromatic rings. The number of rotatable bonds is 3. The number of nitrogens with zero attached hydrogens (tertiary/aromatic N) is 1. The molecular weight excluding hydrogens is 357 g/mol. The van der Waals surface area contributed by atoms with Crippen LogP contribution in [0.25, 0.3) is 0 Å². The molecular formula is C13H9BrClF3N2. The largest absolute Gasteiger partial charge is 0.416 e. The van der Waals surface area contributed by atoms with Gasteiger partial charge in [0, 0.05) is 34.1 Å². The number of anilines is 1. The first kappa shape index (κ1) is 15.1. The van der Waals surface area contributed by atoms with Gasteiger partial charge in [-0.3, -0.25) is 4.98 Å². The van der Waals surface area contributed by atoms with Crippen molar-refractivity contribution in [3.63, 3.8) is 0 Å². The van der Waals surface area contributed by atoms with Gasteiger partial charge in [0.05, 0.1) is 5.56 Å². The van der Waals surface area contributed by atoms with Crippen LogP contribution in [-0.4, -0.2) is 4.98 Å². The molecule has 0 saturated heterocycles. The van der Waals surface area contributed by atoms with Gasteiger partial charge < -0.3 is 5.32 Å². The Morgan fingerprint density at radius 1 is 1.15 bits per heavy atom. The molecule has 1 aromatic heterocycles. The summed E-state index contributed by atoms with van der Waals surface area (Å²) in [6, 6.07) is 5.20. The average Bonchev–Trinajstić information content (AvgIpc) is 2.35. The van der Waals surface area contributed by atoms with Crippen molar-refractivity contribution >= 4 is 33.2 Å². The number of benzene rings is 1. The van der Waals surface area contributed by atoms with E-state index in [1.54, 1.807) is 12.4 Å². The van der Waals surface area contributed by atoms with Gasteiger partial charge in [-0.05, 0) is 45.8 Å². The van der Waals surface area contributed by atoms with Gasteiger partial charge >= 0.3 is 6.18 Å². The van der Waals surface area contributed by atoms with Crippen LogP contribution in [0.15, 0.2) is 41.1 Å². The third-order valence-corrected chi connectivity index (χ3v) is 3.14. The maximum Gasteiger partial charge on any atom is 0.416 e. The minimum Gasteiger partial charge on any atom is -0.381 e. The number of hydrogen-bond donors (Lipinski definition) is 1. The van der Waals surface area contributed by atoms with Crippen molar-refractivity contribution in [2.45, 2.75) is 12.7 Å². The van der Waals surface area contributed by atoms with E-state index in [-0.39, 0.29) is 5.02 Å². The Labute approximate surface area is 127 Å². The highest BCUT2D eigenvalue weighted by Crippen LogP contribution is 2.33. The molecule has 106 valence electrons. The van der Waals surface area contributed by atoms with Crippen LogP contribution in [-0.2, 0) is 12.7 Å². The van der Waals surface area contributed by atoms with Crippen molar-refractivity contribution in [1.82, 2.24) is 4.98 Å². The summed E-state index contributed by atoms with van der Waals surface area (Å²) < 4.78 is 38.8. The molecule has 0 aliphatic carbocycles. The van der Waals surface area contributed by atoms with Gasteiger partial charge in [0.15, 0.2) is 0 Å². The average molecular weight is 366 g/mol. The molecule has 0 unspecified atom stereocenters. The van der Waals surface area contributed by atoms with Gasteiger partial charge in [-0.2, -0.15) is 13.2 Å². The van der Waals surface area contributed by atoms with Crippen molar-refractivity contribution < 1.29 is 13.2 Å². The van der Waals surface area contributed by atoms with Crippen LogP contribution in [0.2, 0.25) is 5.02 Å². The van der Waals surface area contributed by atoms with Crippen LogP contribution in [0, 0.1) is 0 Å². The number of alkyl halides is 3. The molecule has 0 aliphatic heterocycles. The third-order valence-electron chi connectivity index (χ3n) is 2.48. The predicted molar refractivity (Wildman–Crippen MR) is 75.7 cm³/mol. The van der Waals surface area contributed by atoms with Gasteiger partial charge in [0.1, 0.15) is 0 Å². The van der Waals surface area contributed by atoms with Gasteiger partial charge in [0.25, 0.3) is 0 Å². The summed E-state index contributed by atoms with van der Waals surface area (Å²) in [7, 11) is 0. The van der Waals surface area contributed by atoms with E-state index in [1.807, 2.05) is 6.07 Å². The molecule has 1 aromatic carbocycles. The van der Waals surface area contributed by atoms with E-state index in [0.29, 0.717) is 12.2 Å². The molecule has 7 heteroatoms. The lowest BCUT2D eigenvalue weighted by Gasteiger charge is -2.11. The number of halogens is 5. The van der Waals surface area contributed by atoms with Crippen LogP contribution in [0.4, 0.5) is 18.9 Å². The van der Waals surface area contributed by atoms with Crippen molar-refractivity contribution in [2.75, 3.05) is 5.32 Å². The van der Waals surface area contributed by atoms with E-state index in [0.717, 1.165) is 22.2 Å². The van der Waals surface area contributed by atoms with Gasteiger partial charge in [-0.15, -0.1) is 0 Å². The number of nitrogens with one attached hydrogen (secondary N) is 1. The maximum atomic E-state index is 12.7. The monoisotopic (exact) mass is 364 g/mol. The molecule has 0 amide bonds. The first-order chi connectivity index (χ1) is 9.34. The van der Waals surface area contributed by atoms with Gasteiger partial charge in [-0.1, -0.05) is 11.6 Å². The standard InChI is InChI=1S/C13H9BrClF3N2/c14-10-1-8(5-19-7-10)6-20-12-3-9(13(16,17)18)2-11(15)4-12/h1-5,7,20H,6H2. The second-order valence-corrected chi connectivity index (χ2v) is 5.44. The highest BCUT2D eigenvalue weighted by molar-refractivity contribution is 9.10. The second kappa shape index (κ2) is 6.01. The number of aromatic nitrogens is 1. The Morgan fingerprint density at radius 2 is 1.90 bits per heavy atom. The van der Waals surface area contributed by atoms with Gasteiger partial charge in [-0.25, -0.2) is 0 Å². The molecule has 1 N–H and O–H groups in total. The highest BCUT2D eigenvalue weighted by atomic mass is 79.9. The summed E-state index contributed by atoms with van der Waals surface area (Å²) in [5, 5.41) is 2.93. The summed E-state index contributed by atoms with van der Waals surface area (Å²) in [4.78, 5) is 3.98. The minimum absolute atomic E-state index is 0.0368. The van der Waals surface area contributed by atoms with Crippen LogP contribution < -0.4 is 5.32 Å². The zero-order chi connectivity index (χ0) is 14.8. The summed E-state index contributed by atoms with van der Waals surface area (Å²) in [5.41, 5.74) is 0.373. The van der Waals surface area contributed by atoms with Crippen LogP contribution in [0.5, 0.6) is 0 Å². The molecule has 1 heterocycles. The smallest absolute Gasteiger partial charge is 0.381 e. The summed E-state index contributed by atoms with van der Waals surface area (Å²) in [6.07, 6.45) is -1.16. The third kappa shape index (κ3) is 4.11. The van der Waals surface area contributed by atoms with Gasteiger partial charge in [0.2, 0.25) is 0 Å². The van der Waals surface area contributed by atoms with Crippen LogP contribution >= 0.6 is 27.5 Å². The van der Waals surface area contributed by atoms with Crippen LogP contribution in [0.1, 0.15) is 11.1 Å². The maximum absolute atomic E-state index is 12.7. The summed E-state index contributed by atoms with van der Waals surface area (Å²) in [5.74, 6) is 0. The van der Waals surface area contributed by atoms with E-state index >= 15 is 0 Å². The Morgan fingerprint density at radius 3 is 2.55 bits per heavy atom. The van der Waals surface area contributed by atoms with Crippen molar-refractivity contribution in [2.24, 2.45) is 0 Å². The Hall–Kier alpha value is -1.27. The lowest BCUT2D eigenvalue weighted by atomic mass is 10.2. The normalized spacial score (nSPS) is 11.4. The highest BCUT2D eigenvalue weighted by Gasteiger charge is 2.31.